The summed E-state index contributed by atoms with van der Waals surface area (Å²) >= 11 is 0. The second-order valence-corrected chi connectivity index (χ2v) is 6.96. The molecule has 4 rings (SSSR count). The first-order chi connectivity index (χ1) is 15.6. The summed E-state index contributed by atoms with van der Waals surface area (Å²) in [4.78, 5) is 12.7. The molecule has 0 fully saturated rings. The Labute approximate surface area is 185 Å². The monoisotopic (exact) mass is 427 g/mol. The molecule has 0 saturated carbocycles. The molecule has 0 aliphatic carbocycles. The van der Waals surface area contributed by atoms with Gasteiger partial charge in [-0.05, 0) is 60.2 Å². The summed E-state index contributed by atoms with van der Waals surface area (Å²) < 4.78 is 11.9. The van der Waals surface area contributed by atoms with Crippen molar-refractivity contribution in [1.82, 2.24) is 15.0 Å². The Morgan fingerprint density at radius 3 is 2.56 bits per heavy atom. The summed E-state index contributed by atoms with van der Waals surface area (Å²) in [5.74, 6) is 1.01. The zero-order chi connectivity index (χ0) is 22.5. The highest BCUT2D eigenvalue weighted by molar-refractivity contribution is 6.07. The molecule has 1 heterocycles. The first-order valence-electron chi connectivity index (χ1n) is 9.84. The van der Waals surface area contributed by atoms with Crippen LogP contribution in [0.4, 0.5) is 0 Å². The van der Waals surface area contributed by atoms with Gasteiger partial charge in [0.15, 0.2) is 17.3 Å². The molecular weight excluding hydrogens is 406 g/mol. The summed E-state index contributed by atoms with van der Waals surface area (Å²) in [5, 5.41) is 18.1. The molecule has 0 unspecified atom stereocenters. The first-order valence-corrected chi connectivity index (χ1v) is 9.84. The Balaban J connectivity index is 1.53. The van der Waals surface area contributed by atoms with E-state index in [4.69, 9.17) is 9.47 Å². The molecule has 0 spiro atoms. The summed E-state index contributed by atoms with van der Waals surface area (Å²) in [6.45, 7) is 0. The maximum absolute atomic E-state index is 12.7. The average molecular weight is 427 g/mol. The van der Waals surface area contributed by atoms with E-state index in [1.54, 1.807) is 48.2 Å². The van der Waals surface area contributed by atoms with Crippen LogP contribution in [-0.4, -0.2) is 40.1 Å². The van der Waals surface area contributed by atoms with Gasteiger partial charge in [0.25, 0.3) is 0 Å². The fraction of sp³-hybridized carbons (Fsp3) is 0.0800. The number of phenols is 1. The number of hydrogen-bond donors (Lipinski definition) is 1. The standard InChI is InChI=1S/C25H21N3O4/c1-31-21-10-8-18(9-11-21)22-16-28(27-26-22)20-5-3-4-19(15-20)23(29)12-6-17-7-13-24(30)25(14-17)32-2/h3-16,30H,1-2H3/b12-6+. The van der Waals surface area contributed by atoms with Crippen LogP contribution >= 0.6 is 0 Å². The molecule has 0 atom stereocenters. The predicted octanol–water partition coefficient (Wildman–Crippen LogP) is 4.55. The Bertz CT molecular complexity index is 1280. The van der Waals surface area contributed by atoms with Crippen LogP contribution in [0.3, 0.4) is 0 Å². The summed E-state index contributed by atoms with van der Waals surface area (Å²) in [6.07, 6.45) is 4.97. The van der Waals surface area contributed by atoms with Gasteiger partial charge >= 0.3 is 0 Å². The third kappa shape index (κ3) is 4.52. The lowest BCUT2D eigenvalue weighted by Crippen LogP contribution is -1.99. The Hall–Kier alpha value is -4.39. The molecule has 32 heavy (non-hydrogen) atoms. The Morgan fingerprint density at radius 1 is 1.00 bits per heavy atom. The number of aromatic hydroxyl groups is 1. The molecule has 0 amide bonds. The highest BCUT2D eigenvalue weighted by Gasteiger charge is 2.09. The van der Waals surface area contributed by atoms with E-state index in [0.29, 0.717) is 17.0 Å². The second kappa shape index (κ2) is 9.18. The fourth-order valence-electron chi connectivity index (χ4n) is 3.15. The predicted molar refractivity (Wildman–Crippen MR) is 121 cm³/mol. The Kier molecular flexibility index (Phi) is 5.98. The minimum Gasteiger partial charge on any atom is -0.504 e. The highest BCUT2D eigenvalue weighted by atomic mass is 16.5. The first kappa shape index (κ1) is 20.9. The lowest BCUT2D eigenvalue weighted by molar-refractivity contribution is 0.104. The van der Waals surface area contributed by atoms with Crippen molar-refractivity contribution in [3.63, 3.8) is 0 Å². The normalized spacial score (nSPS) is 10.9. The van der Waals surface area contributed by atoms with Crippen LogP contribution in [0.1, 0.15) is 15.9 Å². The van der Waals surface area contributed by atoms with Crippen molar-refractivity contribution in [2.45, 2.75) is 0 Å². The van der Waals surface area contributed by atoms with Gasteiger partial charge in [-0.1, -0.05) is 29.5 Å². The van der Waals surface area contributed by atoms with Gasteiger partial charge in [0, 0.05) is 11.1 Å². The van der Waals surface area contributed by atoms with Gasteiger partial charge in [-0.3, -0.25) is 4.79 Å². The number of ether oxygens (including phenoxy) is 2. The zero-order valence-corrected chi connectivity index (χ0v) is 17.6. The van der Waals surface area contributed by atoms with E-state index in [1.807, 2.05) is 36.5 Å². The average Bonchev–Trinajstić information content (AvgIpc) is 3.34. The molecule has 1 N–H and O–H groups in total. The third-order valence-corrected chi connectivity index (χ3v) is 4.91. The molecule has 1 aromatic heterocycles. The smallest absolute Gasteiger partial charge is 0.185 e. The maximum Gasteiger partial charge on any atom is 0.185 e. The van der Waals surface area contributed by atoms with Gasteiger partial charge < -0.3 is 14.6 Å². The van der Waals surface area contributed by atoms with Crippen LogP contribution in [-0.2, 0) is 0 Å². The molecule has 0 aliphatic heterocycles. The minimum absolute atomic E-state index is 0.0468. The molecule has 7 heteroatoms. The van der Waals surface area contributed by atoms with Gasteiger partial charge in [-0.25, -0.2) is 4.68 Å². The topological polar surface area (TPSA) is 86.5 Å². The van der Waals surface area contributed by atoms with Gasteiger partial charge in [-0.2, -0.15) is 0 Å². The largest absolute Gasteiger partial charge is 0.504 e. The van der Waals surface area contributed by atoms with Crippen molar-refractivity contribution in [3.8, 4) is 34.2 Å². The number of methoxy groups -OCH3 is 2. The SMILES string of the molecule is COc1ccc(-c2cn(-c3cccc(C(=O)/C=C/c4ccc(O)c(OC)c4)c3)nn2)cc1. The Morgan fingerprint density at radius 2 is 1.81 bits per heavy atom. The van der Waals surface area contributed by atoms with Crippen LogP contribution in [0.15, 0.2) is 79.0 Å². The zero-order valence-electron chi connectivity index (χ0n) is 17.6. The number of nitrogens with zero attached hydrogens (tertiary/aromatic N) is 3. The van der Waals surface area contributed by atoms with E-state index in [1.165, 1.54) is 19.3 Å². The van der Waals surface area contributed by atoms with E-state index >= 15 is 0 Å². The number of carbonyl (C=O) groups excluding carboxylic acids is 1. The number of carbonyl (C=O) groups is 1. The fourth-order valence-corrected chi connectivity index (χ4v) is 3.15. The highest BCUT2D eigenvalue weighted by Crippen LogP contribution is 2.27. The summed E-state index contributed by atoms with van der Waals surface area (Å²) in [5.41, 5.74) is 3.61. The van der Waals surface area contributed by atoms with Gasteiger partial charge in [0.1, 0.15) is 11.4 Å². The second-order valence-electron chi connectivity index (χ2n) is 6.96. The van der Waals surface area contributed by atoms with Crippen molar-refractivity contribution in [1.29, 1.82) is 0 Å². The van der Waals surface area contributed by atoms with Crippen molar-refractivity contribution >= 4 is 11.9 Å². The molecule has 160 valence electrons. The number of phenolic OH excluding ortho intramolecular Hbond substituents is 1. The van der Waals surface area contributed by atoms with Crippen LogP contribution in [0.2, 0.25) is 0 Å². The van der Waals surface area contributed by atoms with Crippen molar-refractivity contribution < 1.29 is 19.4 Å². The van der Waals surface area contributed by atoms with Crippen LogP contribution in [0, 0.1) is 0 Å². The number of rotatable bonds is 7. The quantitative estimate of drug-likeness (QED) is 0.344. The molecule has 7 nitrogen and oxygen atoms in total. The van der Waals surface area contributed by atoms with Gasteiger partial charge in [0.2, 0.25) is 0 Å². The number of benzene rings is 3. The van der Waals surface area contributed by atoms with Gasteiger partial charge in [0.05, 0.1) is 26.1 Å². The molecule has 3 aromatic carbocycles. The molecule has 4 aromatic rings. The summed E-state index contributed by atoms with van der Waals surface area (Å²) in [7, 11) is 3.10. The lowest BCUT2D eigenvalue weighted by Gasteiger charge is -2.04. The third-order valence-electron chi connectivity index (χ3n) is 4.91. The van der Waals surface area contributed by atoms with Crippen molar-refractivity contribution in [2.75, 3.05) is 14.2 Å². The minimum atomic E-state index is -0.158. The molecule has 0 saturated heterocycles. The van der Waals surface area contributed by atoms with Gasteiger partial charge in [-0.15, -0.1) is 5.10 Å². The number of aromatic nitrogens is 3. The molecule has 0 radical (unpaired) electrons. The summed E-state index contributed by atoms with van der Waals surface area (Å²) in [6, 6.07) is 19.6. The van der Waals surface area contributed by atoms with E-state index in [2.05, 4.69) is 10.3 Å². The van der Waals surface area contributed by atoms with Crippen molar-refractivity contribution in [3.05, 3.63) is 90.1 Å². The van der Waals surface area contributed by atoms with E-state index in [0.717, 1.165) is 22.6 Å². The molecular formula is C25H21N3O4. The van der Waals surface area contributed by atoms with E-state index < -0.39 is 0 Å². The number of allylic oxidation sites excluding steroid dienone is 1. The molecule has 0 bridgehead atoms. The van der Waals surface area contributed by atoms with E-state index in [9.17, 15) is 9.90 Å². The van der Waals surface area contributed by atoms with Crippen molar-refractivity contribution in [2.24, 2.45) is 0 Å². The van der Waals surface area contributed by atoms with Crippen LogP contribution in [0.5, 0.6) is 17.2 Å². The lowest BCUT2D eigenvalue weighted by atomic mass is 10.1. The van der Waals surface area contributed by atoms with Crippen LogP contribution < -0.4 is 9.47 Å². The molecule has 0 aliphatic rings. The van der Waals surface area contributed by atoms with Crippen LogP contribution in [0.25, 0.3) is 23.0 Å². The number of hydrogen-bond acceptors (Lipinski definition) is 6. The van der Waals surface area contributed by atoms with E-state index in [-0.39, 0.29) is 11.5 Å². The number of ketones is 1. The maximum atomic E-state index is 12.7.